The monoisotopic (exact) mass is 153 g/mol. The van der Waals surface area contributed by atoms with Gasteiger partial charge in [-0.2, -0.15) is 0 Å². The Kier molecular flexibility index (Phi) is 5.86. The van der Waals surface area contributed by atoms with Crippen molar-refractivity contribution in [1.29, 1.82) is 0 Å². The zero-order valence-electron chi connectivity index (χ0n) is 7.88. The summed E-state index contributed by atoms with van der Waals surface area (Å²) in [6.07, 6.45) is 7.40. The predicted molar refractivity (Wildman–Crippen MR) is 51.7 cm³/mol. The van der Waals surface area contributed by atoms with Crippen LogP contribution >= 0.6 is 0 Å². The molecule has 1 nitrogen and oxygen atoms in total. The molecule has 0 amide bonds. The summed E-state index contributed by atoms with van der Waals surface area (Å²) in [5.74, 6) is 0.632. The van der Waals surface area contributed by atoms with E-state index in [1.165, 1.54) is 0 Å². The summed E-state index contributed by atoms with van der Waals surface area (Å²) in [5, 5.41) is 0. The molecule has 0 aliphatic carbocycles. The SMILES string of the molecule is C=CC[C@@H](C=CC)CN(C)C. The third-order valence-electron chi connectivity index (χ3n) is 1.53. The van der Waals surface area contributed by atoms with Gasteiger partial charge in [-0.05, 0) is 33.4 Å². The van der Waals surface area contributed by atoms with Gasteiger partial charge < -0.3 is 4.90 Å². The van der Waals surface area contributed by atoms with Crippen LogP contribution in [0.5, 0.6) is 0 Å². The minimum atomic E-state index is 0.632. The molecule has 0 aliphatic heterocycles. The van der Waals surface area contributed by atoms with Crippen LogP contribution in [0.1, 0.15) is 13.3 Å². The highest BCUT2D eigenvalue weighted by Crippen LogP contribution is 2.06. The van der Waals surface area contributed by atoms with Crippen LogP contribution in [0, 0.1) is 5.92 Å². The van der Waals surface area contributed by atoms with Gasteiger partial charge in [-0.1, -0.05) is 18.2 Å². The maximum Gasteiger partial charge on any atom is 0.00412 e. The average Bonchev–Trinajstić information content (AvgIpc) is 1.87. The number of hydrogen-bond acceptors (Lipinski definition) is 1. The number of allylic oxidation sites excluding steroid dienone is 2. The molecule has 0 unspecified atom stereocenters. The summed E-state index contributed by atoms with van der Waals surface area (Å²) in [7, 11) is 4.19. The molecule has 0 rings (SSSR count). The Bertz CT molecular complexity index is 125. The first-order chi connectivity index (χ1) is 5.20. The Morgan fingerprint density at radius 3 is 2.45 bits per heavy atom. The highest BCUT2D eigenvalue weighted by Gasteiger charge is 2.02. The second-order valence-electron chi connectivity index (χ2n) is 3.07. The Morgan fingerprint density at radius 1 is 1.45 bits per heavy atom. The fourth-order valence-corrected chi connectivity index (χ4v) is 1.17. The Balaban J connectivity index is 3.78. The molecule has 0 saturated heterocycles. The summed E-state index contributed by atoms with van der Waals surface area (Å²) < 4.78 is 0. The van der Waals surface area contributed by atoms with Gasteiger partial charge in [0.15, 0.2) is 0 Å². The largest absolute Gasteiger partial charge is 0.309 e. The Hall–Kier alpha value is -0.560. The van der Waals surface area contributed by atoms with Crippen LogP contribution in [-0.4, -0.2) is 25.5 Å². The summed E-state index contributed by atoms with van der Waals surface area (Å²) in [6.45, 7) is 6.91. The zero-order valence-corrected chi connectivity index (χ0v) is 7.88. The second-order valence-corrected chi connectivity index (χ2v) is 3.07. The molecule has 0 aromatic carbocycles. The van der Waals surface area contributed by atoms with Gasteiger partial charge in [0.05, 0.1) is 0 Å². The molecular weight excluding hydrogens is 134 g/mol. The first-order valence-electron chi connectivity index (χ1n) is 4.09. The molecule has 0 fully saturated rings. The minimum Gasteiger partial charge on any atom is -0.309 e. The minimum absolute atomic E-state index is 0.632. The van der Waals surface area contributed by atoms with Crippen LogP contribution in [0.3, 0.4) is 0 Å². The van der Waals surface area contributed by atoms with Crippen molar-refractivity contribution >= 4 is 0 Å². The molecule has 0 bridgehead atoms. The van der Waals surface area contributed by atoms with Crippen molar-refractivity contribution in [3.8, 4) is 0 Å². The third-order valence-corrected chi connectivity index (χ3v) is 1.53. The third kappa shape index (κ3) is 5.86. The van der Waals surface area contributed by atoms with Crippen LogP contribution in [0.25, 0.3) is 0 Å². The van der Waals surface area contributed by atoms with Gasteiger partial charge in [0.25, 0.3) is 0 Å². The lowest BCUT2D eigenvalue weighted by Gasteiger charge is -2.15. The Morgan fingerprint density at radius 2 is 2.09 bits per heavy atom. The van der Waals surface area contributed by atoms with Gasteiger partial charge in [-0.3, -0.25) is 0 Å². The fourth-order valence-electron chi connectivity index (χ4n) is 1.17. The maximum atomic E-state index is 3.74. The molecule has 0 aliphatic rings. The second kappa shape index (κ2) is 6.17. The lowest BCUT2D eigenvalue weighted by atomic mass is 10.1. The number of hydrogen-bond donors (Lipinski definition) is 0. The summed E-state index contributed by atoms with van der Waals surface area (Å²) in [4.78, 5) is 2.20. The van der Waals surface area contributed by atoms with Gasteiger partial charge in [0, 0.05) is 6.54 Å². The summed E-state index contributed by atoms with van der Waals surface area (Å²) in [6, 6.07) is 0. The molecule has 0 N–H and O–H groups in total. The van der Waals surface area contributed by atoms with Crippen molar-refractivity contribution in [1.82, 2.24) is 4.90 Å². The molecule has 0 heterocycles. The quantitative estimate of drug-likeness (QED) is 0.548. The van der Waals surface area contributed by atoms with E-state index in [-0.39, 0.29) is 0 Å². The van der Waals surface area contributed by atoms with E-state index >= 15 is 0 Å². The van der Waals surface area contributed by atoms with E-state index in [2.05, 4.69) is 44.6 Å². The van der Waals surface area contributed by atoms with Gasteiger partial charge in [0.2, 0.25) is 0 Å². The standard InChI is InChI=1S/C10H19N/c1-5-7-10(8-6-2)9-11(3)4/h5-6,8,10H,1,7,9H2,2-4H3/t10-/m0/s1. The topological polar surface area (TPSA) is 3.24 Å². The van der Waals surface area contributed by atoms with E-state index < -0.39 is 0 Å². The van der Waals surface area contributed by atoms with Crippen molar-refractivity contribution < 1.29 is 0 Å². The zero-order chi connectivity index (χ0) is 8.69. The molecule has 0 aromatic rings. The van der Waals surface area contributed by atoms with E-state index in [1.807, 2.05) is 6.08 Å². The first kappa shape index (κ1) is 10.4. The highest BCUT2D eigenvalue weighted by molar-refractivity contribution is 4.90. The molecule has 64 valence electrons. The molecule has 0 spiro atoms. The van der Waals surface area contributed by atoms with Crippen LogP contribution in [0.4, 0.5) is 0 Å². The molecule has 0 radical (unpaired) electrons. The Labute approximate surface area is 70.4 Å². The fraction of sp³-hybridized carbons (Fsp3) is 0.600. The molecule has 1 heteroatoms. The van der Waals surface area contributed by atoms with Crippen LogP contribution in [0.15, 0.2) is 24.8 Å². The molecule has 11 heavy (non-hydrogen) atoms. The molecular formula is C10H19N. The van der Waals surface area contributed by atoms with E-state index in [0.29, 0.717) is 5.92 Å². The lowest BCUT2D eigenvalue weighted by Crippen LogP contribution is -2.19. The number of rotatable bonds is 5. The maximum absolute atomic E-state index is 3.74. The summed E-state index contributed by atoms with van der Waals surface area (Å²) in [5.41, 5.74) is 0. The van der Waals surface area contributed by atoms with Crippen molar-refractivity contribution in [2.75, 3.05) is 20.6 Å². The van der Waals surface area contributed by atoms with Crippen LogP contribution < -0.4 is 0 Å². The van der Waals surface area contributed by atoms with Gasteiger partial charge in [0.1, 0.15) is 0 Å². The van der Waals surface area contributed by atoms with Crippen molar-refractivity contribution in [2.24, 2.45) is 5.92 Å². The van der Waals surface area contributed by atoms with Crippen molar-refractivity contribution in [2.45, 2.75) is 13.3 Å². The van der Waals surface area contributed by atoms with E-state index in [9.17, 15) is 0 Å². The van der Waals surface area contributed by atoms with E-state index in [4.69, 9.17) is 0 Å². The van der Waals surface area contributed by atoms with Crippen LogP contribution in [0.2, 0.25) is 0 Å². The summed E-state index contributed by atoms with van der Waals surface area (Å²) >= 11 is 0. The van der Waals surface area contributed by atoms with E-state index in [1.54, 1.807) is 0 Å². The molecule has 1 atom stereocenters. The van der Waals surface area contributed by atoms with Gasteiger partial charge in [-0.25, -0.2) is 0 Å². The van der Waals surface area contributed by atoms with Crippen LogP contribution in [-0.2, 0) is 0 Å². The van der Waals surface area contributed by atoms with Crippen molar-refractivity contribution in [3.05, 3.63) is 24.8 Å². The van der Waals surface area contributed by atoms with Gasteiger partial charge in [-0.15, -0.1) is 6.58 Å². The normalized spacial score (nSPS) is 14.2. The first-order valence-corrected chi connectivity index (χ1v) is 4.09. The average molecular weight is 153 g/mol. The predicted octanol–water partition coefficient (Wildman–Crippen LogP) is 2.32. The van der Waals surface area contributed by atoms with Gasteiger partial charge >= 0.3 is 0 Å². The number of nitrogens with zero attached hydrogens (tertiary/aromatic N) is 1. The van der Waals surface area contributed by atoms with E-state index in [0.717, 1.165) is 13.0 Å². The highest BCUT2D eigenvalue weighted by atomic mass is 15.1. The van der Waals surface area contributed by atoms with Crippen molar-refractivity contribution in [3.63, 3.8) is 0 Å². The smallest absolute Gasteiger partial charge is 0.00412 e. The molecule has 0 aromatic heterocycles. The lowest BCUT2D eigenvalue weighted by molar-refractivity contribution is 0.360. The molecule has 0 saturated carbocycles.